The van der Waals surface area contributed by atoms with Gasteiger partial charge in [-0.3, -0.25) is 9.59 Å². The first-order valence-electron chi connectivity index (χ1n) is 14.3. The van der Waals surface area contributed by atoms with E-state index in [1.165, 1.54) is 18.2 Å². The van der Waals surface area contributed by atoms with Crippen LogP contribution in [0.2, 0.25) is 5.02 Å². The highest BCUT2D eigenvalue weighted by molar-refractivity contribution is 6.31. The maximum Gasteiger partial charge on any atom is 0.230 e. The molecule has 2 N–H and O–H groups in total. The molecule has 212 valence electrons. The SMILES string of the molecule is CC(C)C(=O)Nc1ccc(F)c(C2CCN(CCCNC(=O)C3(c4ccc(F)cc4Cl)CCCCC3)CC2)c1. The molecule has 2 aromatic rings. The minimum Gasteiger partial charge on any atom is -0.355 e. The number of nitrogens with one attached hydrogen (secondary N) is 2. The lowest BCUT2D eigenvalue weighted by molar-refractivity contribution is -0.128. The first-order valence-corrected chi connectivity index (χ1v) is 14.6. The van der Waals surface area contributed by atoms with Crippen molar-refractivity contribution in [1.29, 1.82) is 0 Å². The van der Waals surface area contributed by atoms with Crippen LogP contribution in [0.4, 0.5) is 14.5 Å². The predicted octanol–water partition coefficient (Wildman–Crippen LogP) is 6.80. The Kier molecular flexibility index (Phi) is 10.00. The highest BCUT2D eigenvalue weighted by atomic mass is 35.5. The number of hydrogen-bond donors (Lipinski definition) is 2. The number of rotatable bonds is 9. The van der Waals surface area contributed by atoms with E-state index < -0.39 is 11.2 Å². The zero-order valence-corrected chi connectivity index (χ0v) is 23.8. The summed E-state index contributed by atoms with van der Waals surface area (Å²) in [6.07, 6.45) is 6.92. The molecule has 5 nitrogen and oxygen atoms in total. The number of benzene rings is 2. The molecule has 2 amide bonds. The van der Waals surface area contributed by atoms with Crippen LogP contribution in [0.1, 0.15) is 82.3 Å². The summed E-state index contributed by atoms with van der Waals surface area (Å²) >= 11 is 6.40. The number of amides is 2. The van der Waals surface area contributed by atoms with Crippen molar-refractivity contribution in [3.8, 4) is 0 Å². The molecule has 0 atom stereocenters. The molecule has 1 saturated carbocycles. The Balaban J connectivity index is 1.27. The lowest BCUT2D eigenvalue weighted by Gasteiger charge is -2.37. The van der Waals surface area contributed by atoms with Crippen molar-refractivity contribution in [2.75, 3.05) is 31.5 Å². The molecule has 39 heavy (non-hydrogen) atoms. The van der Waals surface area contributed by atoms with Crippen LogP contribution in [0.25, 0.3) is 0 Å². The maximum absolute atomic E-state index is 14.6. The molecular formula is C31H40ClF2N3O2. The maximum atomic E-state index is 14.6. The fourth-order valence-corrected chi connectivity index (χ4v) is 6.36. The van der Waals surface area contributed by atoms with Gasteiger partial charge < -0.3 is 15.5 Å². The molecule has 0 bridgehead atoms. The van der Waals surface area contributed by atoms with Gasteiger partial charge in [-0.2, -0.15) is 0 Å². The molecule has 4 rings (SSSR count). The van der Waals surface area contributed by atoms with Crippen molar-refractivity contribution in [3.05, 3.63) is 64.2 Å². The fraction of sp³-hybridized carbons (Fsp3) is 0.548. The highest BCUT2D eigenvalue weighted by Gasteiger charge is 2.42. The predicted molar refractivity (Wildman–Crippen MR) is 152 cm³/mol. The van der Waals surface area contributed by atoms with Crippen molar-refractivity contribution in [2.24, 2.45) is 5.92 Å². The van der Waals surface area contributed by atoms with Gasteiger partial charge in [0.15, 0.2) is 0 Å². The Hall–Kier alpha value is -2.51. The van der Waals surface area contributed by atoms with Crippen LogP contribution in [0.3, 0.4) is 0 Å². The Labute approximate surface area is 235 Å². The Morgan fingerprint density at radius 2 is 1.77 bits per heavy atom. The minimum absolute atomic E-state index is 0.0191. The summed E-state index contributed by atoms with van der Waals surface area (Å²) in [7, 11) is 0. The van der Waals surface area contributed by atoms with E-state index in [1.807, 2.05) is 13.8 Å². The lowest BCUT2D eigenvalue weighted by atomic mass is 9.68. The molecule has 2 aliphatic rings. The Morgan fingerprint density at radius 3 is 2.44 bits per heavy atom. The second kappa shape index (κ2) is 13.2. The summed E-state index contributed by atoms with van der Waals surface area (Å²) in [6.45, 7) is 6.79. The molecule has 0 radical (unpaired) electrons. The first kappa shape index (κ1) is 29.5. The molecule has 0 aromatic heterocycles. The van der Waals surface area contributed by atoms with E-state index >= 15 is 0 Å². The first-order chi connectivity index (χ1) is 18.7. The van der Waals surface area contributed by atoms with Gasteiger partial charge in [0, 0.05) is 23.2 Å². The van der Waals surface area contributed by atoms with Gasteiger partial charge >= 0.3 is 0 Å². The van der Waals surface area contributed by atoms with E-state index in [2.05, 4.69) is 15.5 Å². The van der Waals surface area contributed by atoms with E-state index in [0.29, 0.717) is 22.8 Å². The van der Waals surface area contributed by atoms with Crippen molar-refractivity contribution in [3.63, 3.8) is 0 Å². The van der Waals surface area contributed by atoms with Crippen molar-refractivity contribution in [2.45, 2.75) is 76.5 Å². The van der Waals surface area contributed by atoms with Crippen LogP contribution >= 0.6 is 11.6 Å². The fourth-order valence-electron chi connectivity index (χ4n) is 6.01. The standard InChI is InChI=1S/C31H40ClF2N3O2/c1-21(2)29(38)36-24-8-10-28(34)25(20-24)22-11-17-37(18-12-22)16-6-15-35-30(39)31(13-4-3-5-14-31)26-9-7-23(33)19-27(26)32/h7-10,19-22H,3-6,11-18H2,1-2H3,(H,35,39)(H,36,38). The van der Waals surface area contributed by atoms with Gasteiger partial charge in [0.2, 0.25) is 11.8 Å². The van der Waals surface area contributed by atoms with Crippen molar-refractivity contribution < 1.29 is 18.4 Å². The van der Waals surface area contributed by atoms with E-state index in [0.717, 1.165) is 76.6 Å². The molecular weight excluding hydrogens is 520 g/mol. The smallest absolute Gasteiger partial charge is 0.230 e. The zero-order chi connectivity index (χ0) is 28.0. The number of piperidine rings is 1. The molecule has 1 heterocycles. The van der Waals surface area contributed by atoms with Crippen molar-refractivity contribution in [1.82, 2.24) is 10.2 Å². The third kappa shape index (κ3) is 7.17. The minimum atomic E-state index is -0.700. The van der Waals surface area contributed by atoms with Gasteiger partial charge in [-0.1, -0.05) is 50.8 Å². The van der Waals surface area contributed by atoms with Crippen LogP contribution in [-0.4, -0.2) is 42.9 Å². The molecule has 8 heteroatoms. The van der Waals surface area contributed by atoms with Crippen LogP contribution in [-0.2, 0) is 15.0 Å². The average molecular weight is 560 g/mol. The van der Waals surface area contributed by atoms with E-state index in [1.54, 1.807) is 18.2 Å². The molecule has 1 saturated heterocycles. The van der Waals surface area contributed by atoms with Gasteiger partial charge in [0.1, 0.15) is 11.6 Å². The number of hydrogen-bond acceptors (Lipinski definition) is 3. The Bertz CT molecular complexity index is 1160. The number of carbonyl (C=O) groups excluding carboxylic acids is 2. The second-order valence-corrected chi connectivity index (χ2v) is 11.8. The highest BCUT2D eigenvalue weighted by Crippen LogP contribution is 2.43. The lowest BCUT2D eigenvalue weighted by Crippen LogP contribution is -2.46. The van der Waals surface area contributed by atoms with Crippen LogP contribution in [0, 0.1) is 17.6 Å². The third-order valence-electron chi connectivity index (χ3n) is 8.34. The number of nitrogens with zero attached hydrogens (tertiary/aromatic N) is 1. The summed E-state index contributed by atoms with van der Waals surface area (Å²) in [5.41, 5.74) is 1.33. The summed E-state index contributed by atoms with van der Waals surface area (Å²) in [5, 5.41) is 6.33. The quantitative estimate of drug-likeness (QED) is 0.332. The number of anilines is 1. The van der Waals surface area contributed by atoms with Crippen molar-refractivity contribution >= 4 is 29.1 Å². The molecule has 0 unspecified atom stereocenters. The molecule has 0 spiro atoms. The van der Waals surface area contributed by atoms with Gasteiger partial charge in [0.05, 0.1) is 5.41 Å². The second-order valence-electron chi connectivity index (χ2n) is 11.4. The molecule has 2 fully saturated rings. The molecule has 1 aliphatic heterocycles. The zero-order valence-electron chi connectivity index (χ0n) is 23.0. The van der Waals surface area contributed by atoms with Crippen LogP contribution in [0.5, 0.6) is 0 Å². The van der Waals surface area contributed by atoms with Gasteiger partial charge in [-0.15, -0.1) is 0 Å². The third-order valence-corrected chi connectivity index (χ3v) is 8.65. The summed E-state index contributed by atoms with van der Waals surface area (Å²) < 4.78 is 28.3. The van der Waals surface area contributed by atoms with Crippen LogP contribution < -0.4 is 10.6 Å². The summed E-state index contributed by atoms with van der Waals surface area (Å²) in [4.78, 5) is 27.8. The number of likely N-dealkylation sites (tertiary alicyclic amines) is 1. The normalized spacial score (nSPS) is 18.2. The van der Waals surface area contributed by atoms with Gasteiger partial charge in [-0.25, -0.2) is 8.78 Å². The van der Waals surface area contributed by atoms with E-state index in [9.17, 15) is 18.4 Å². The van der Waals surface area contributed by atoms with E-state index in [-0.39, 0.29) is 29.5 Å². The van der Waals surface area contributed by atoms with Gasteiger partial charge in [-0.05, 0) is 99.1 Å². The van der Waals surface area contributed by atoms with E-state index in [4.69, 9.17) is 11.6 Å². The summed E-state index contributed by atoms with van der Waals surface area (Å²) in [6, 6.07) is 9.19. The molecule has 2 aromatic carbocycles. The van der Waals surface area contributed by atoms with Crippen LogP contribution in [0.15, 0.2) is 36.4 Å². The summed E-state index contributed by atoms with van der Waals surface area (Å²) in [5.74, 6) is -0.744. The van der Waals surface area contributed by atoms with Gasteiger partial charge in [0.25, 0.3) is 0 Å². The largest absolute Gasteiger partial charge is 0.355 e. The Morgan fingerprint density at radius 1 is 1.05 bits per heavy atom. The topological polar surface area (TPSA) is 61.4 Å². The monoisotopic (exact) mass is 559 g/mol. The molecule has 1 aliphatic carbocycles. The number of halogens is 3. The average Bonchev–Trinajstić information content (AvgIpc) is 2.92. The number of carbonyl (C=O) groups is 2.